The highest BCUT2D eigenvalue weighted by molar-refractivity contribution is 5.89. The van der Waals surface area contributed by atoms with Crippen molar-refractivity contribution in [1.82, 2.24) is 9.88 Å². The van der Waals surface area contributed by atoms with E-state index in [2.05, 4.69) is 24.1 Å². The monoisotopic (exact) mass is 305 g/mol. The van der Waals surface area contributed by atoms with E-state index in [1.54, 1.807) is 29.4 Å². The average molecular weight is 305 g/mol. The number of pyridine rings is 1. The standard InChI is InChI=1S/C16H23N3O3/c1-15(2)11-21-16(22-12-15)5-9-19(10-6-16)14(20)18-13-3-7-17-8-4-13/h3-4,7-8H,5-6,9-12H2,1-2H3,(H,17,18,20). The lowest BCUT2D eigenvalue weighted by atomic mass is 9.93. The van der Waals surface area contributed by atoms with Crippen molar-refractivity contribution in [3.05, 3.63) is 24.5 Å². The number of anilines is 1. The molecule has 3 heterocycles. The van der Waals surface area contributed by atoms with Gasteiger partial charge in [0.25, 0.3) is 0 Å². The van der Waals surface area contributed by atoms with Crippen LogP contribution in [0.1, 0.15) is 26.7 Å². The summed E-state index contributed by atoms with van der Waals surface area (Å²) in [6, 6.07) is 3.47. The molecular formula is C16H23N3O3. The van der Waals surface area contributed by atoms with E-state index >= 15 is 0 Å². The predicted octanol–water partition coefficient (Wildman–Crippen LogP) is 2.48. The number of amides is 2. The summed E-state index contributed by atoms with van der Waals surface area (Å²) in [5.41, 5.74) is 0.827. The zero-order valence-electron chi connectivity index (χ0n) is 13.2. The Labute approximate surface area is 130 Å². The number of nitrogens with one attached hydrogen (secondary N) is 1. The van der Waals surface area contributed by atoms with E-state index in [4.69, 9.17) is 9.47 Å². The van der Waals surface area contributed by atoms with E-state index in [0.29, 0.717) is 39.1 Å². The summed E-state index contributed by atoms with van der Waals surface area (Å²) < 4.78 is 12.0. The molecule has 0 bridgehead atoms. The SMILES string of the molecule is CC1(C)COC2(CCN(C(=O)Nc3ccncc3)CC2)OC1. The van der Waals surface area contributed by atoms with Crippen LogP contribution < -0.4 is 5.32 Å². The van der Waals surface area contributed by atoms with Gasteiger partial charge in [-0.3, -0.25) is 4.98 Å². The number of carbonyl (C=O) groups excluding carboxylic acids is 1. The molecule has 2 aliphatic rings. The molecule has 0 aromatic carbocycles. The van der Waals surface area contributed by atoms with Gasteiger partial charge in [-0.15, -0.1) is 0 Å². The van der Waals surface area contributed by atoms with Crippen LogP contribution in [0.4, 0.5) is 10.5 Å². The number of ether oxygens (including phenoxy) is 2. The Morgan fingerprint density at radius 3 is 2.36 bits per heavy atom. The number of nitrogens with zero attached hydrogens (tertiary/aromatic N) is 2. The van der Waals surface area contributed by atoms with E-state index in [-0.39, 0.29) is 11.4 Å². The molecule has 0 unspecified atom stereocenters. The van der Waals surface area contributed by atoms with Gasteiger partial charge in [-0.1, -0.05) is 13.8 Å². The van der Waals surface area contributed by atoms with Crippen molar-refractivity contribution >= 4 is 11.7 Å². The molecule has 0 atom stereocenters. The lowest BCUT2D eigenvalue weighted by molar-refractivity contribution is -0.311. The molecule has 6 heteroatoms. The molecule has 0 radical (unpaired) electrons. The highest BCUT2D eigenvalue weighted by Gasteiger charge is 2.43. The van der Waals surface area contributed by atoms with Gasteiger partial charge in [-0.25, -0.2) is 4.79 Å². The van der Waals surface area contributed by atoms with Gasteiger partial charge in [0, 0.05) is 49.4 Å². The van der Waals surface area contributed by atoms with Crippen molar-refractivity contribution in [2.24, 2.45) is 5.41 Å². The lowest BCUT2D eigenvalue weighted by Gasteiger charge is -2.47. The fourth-order valence-corrected chi connectivity index (χ4v) is 2.71. The van der Waals surface area contributed by atoms with Gasteiger partial charge in [0.2, 0.25) is 0 Å². The highest BCUT2D eigenvalue weighted by atomic mass is 16.7. The molecule has 0 aliphatic carbocycles. The first-order valence-electron chi connectivity index (χ1n) is 7.72. The first-order valence-corrected chi connectivity index (χ1v) is 7.72. The van der Waals surface area contributed by atoms with Crippen LogP contribution in [0.2, 0.25) is 0 Å². The summed E-state index contributed by atoms with van der Waals surface area (Å²) in [4.78, 5) is 18.0. The van der Waals surface area contributed by atoms with Gasteiger partial charge in [0.15, 0.2) is 5.79 Å². The maximum absolute atomic E-state index is 12.3. The van der Waals surface area contributed by atoms with Crippen molar-refractivity contribution in [1.29, 1.82) is 0 Å². The Morgan fingerprint density at radius 1 is 1.18 bits per heavy atom. The van der Waals surface area contributed by atoms with Crippen molar-refractivity contribution < 1.29 is 14.3 Å². The number of rotatable bonds is 1. The summed E-state index contributed by atoms with van der Waals surface area (Å²) in [5, 5.41) is 2.88. The fourth-order valence-electron chi connectivity index (χ4n) is 2.71. The third-order valence-electron chi connectivity index (χ3n) is 4.20. The van der Waals surface area contributed by atoms with Gasteiger partial charge in [0.05, 0.1) is 13.2 Å². The van der Waals surface area contributed by atoms with E-state index in [1.165, 1.54) is 0 Å². The molecular weight excluding hydrogens is 282 g/mol. The second-order valence-corrected chi connectivity index (χ2v) is 6.81. The largest absolute Gasteiger partial charge is 0.349 e. The number of carbonyl (C=O) groups is 1. The molecule has 1 N–H and O–H groups in total. The molecule has 2 saturated heterocycles. The molecule has 120 valence electrons. The third kappa shape index (κ3) is 3.39. The van der Waals surface area contributed by atoms with Crippen LogP contribution >= 0.6 is 0 Å². The van der Waals surface area contributed by atoms with E-state index in [9.17, 15) is 4.79 Å². The molecule has 22 heavy (non-hydrogen) atoms. The molecule has 0 saturated carbocycles. The summed E-state index contributed by atoms with van der Waals surface area (Å²) in [7, 11) is 0. The Morgan fingerprint density at radius 2 is 1.77 bits per heavy atom. The van der Waals surface area contributed by atoms with Crippen LogP contribution in [0.25, 0.3) is 0 Å². The Kier molecular flexibility index (Phi) is 4.06. The minimum atomic E-state index is -0.497. The smallest absolute Gasteiger partial charge is 0.321 e. The normalized spacial score (nSPS) is 23.3. The average Bonchev–Trinajstić information content (AvgIpc) is 2.52. The van der Waals surface area contributed by atoms with Crippen LogP contribution in [0.3, 0.4) is 0 Å². The molecule has 1 aromatic heterocycles. The Bertz CT molecular complexity index is 513. The quantitative estimate of drug-likeness (QED) is 0.866. The molecule has 1 spiro atoms. The maximum Gasteiger partial charge on any atom is 0.321 e. The number of urea groups is 1. The maximum atomic E-state index is 12.3. The van der Waals surface area contributed by atoms with Crippen LogP contribution in [0, 0.1) is 5.41 Å². The molecule has 6 nitrogen and oxygen atoms in total. The van der Waals surface area contributed by atoms with Gasteiger partial charge < -0.3 is 19.7 Å². The predicted molar refractivity (Wildman–Crippen MR) is 82.5 cm³/mol. The summed E-state index contributed by atoms with van der Waals surface area (Å²) in [6.45, 7) is 6.95. The molecule has 3 rings (SSSR count). The van der Waals surface area contributed by atoms with E-state index < -0.39 is 5.79 Å². The summed E-state index contributed by atoms with van der Waals surface area (Å²) in [6.07, 6.45) is 4.75. The third-order valence-corrected chi connectivity index (χ3v) is 4.20. The number of hydrogen-bond acceptors (Lipinski definition) is 4. The lowest BCUT2D eigenvalue weighted by Crippen LogP contribution is -2.55. The van der Waals surface area contributed by atoms with Crippen LogP contribution in [-0.4, -0.2) is 48.0 Å². The zero-order valence-corrected chi connectivity index (χ0v) is 13.2. The number of piperidine rings is 1. The minimum Gasteiger partial charge on any atom is -0.349 e. The van der Waals surface area contributed by atoms with Crippen molar-refractivity contribution in [3.8, 4) is 0 Å². The number of likely N-dealkylation sites (tertiary alicyclic amines) is 1. The van der Waals surface area contributed by atoms with Crippen LogP contribution in [0.15, 0.2) is 24.5 Å². The molecule has 2 aliphatic heterocycles. The number of hydrogen-bond donors (Lipinski definition) is 1. The second kappa shape index (κ2) is 5.85. The molecule has 2 fully saturated rings. The fraction of sp³-hybridized carbons (Fsp3) is 0.625. The number of aromatic nitrogens is 1. The summed E-state index contributed by atoms with van der Waals surface area (Å²) >= 11 is 0. The van der Waals surface area contributed by atoms with Gasteiger partial charge in [0.1, 0.15) is 0 Å². The van der Waals surface area contributed by atoms with E-state index in [1.807, 2.05) is 0 Å². The van der Waals surface area contributed by atoms with Crippen molar-refractivity contribution in [2.45, 2.75) is 32.5 Å². The second-order valence-electron chi connectivity index (χ2n) is 6.81. The van der Waals surface area contributed by atoms with Gasteiger partial charge in [-0.05, 0) is 12.1 Å². The van der Waals surface area contributed by atoms with Gasteiger partial charge >= 0.3 is 6.03 Å². The topological polar surface area (TPSA) is 63.7 Å². The van der Waals surface area contributed by atoms with Crippen LogP contribution in [-0.2, 0) is 9.47 Å². The Hall–Kier alpha value is -1.66. The van der Waals surface area contributed by atoms with Crippen molar-refractivity contribution in [3.63, 3.8) is 0 Å². The van der Waals surface area contributed by atoms with E-state index in [0.717, 1.165) is 5.69 Å². The highest BCUT2D eigenvalue weighted by Crippen LogP contribution is 2.36. The summed E-state index contributed by atoms with van der Waals surface area (Å²) in [5.74, 6) is -0.497. The first-order chi connectivity index (χ1) is 10.5. The molecule has 2 amide bonds. The van der Waals surface area contributed by atoms with Crippen molar-refractivity contribution in [2.75, 3.05) is 31.6 Å². The minimum absolute atomic E-state index is 0.0705. The van der Waals surface area contributed by atoms with Gasteiger partial charge in [-0.2, -0.15) is 0 Å². The van der Waals surface area contributed by atoms with Crippen LogP contribution in [0.5, 0.6) is 0 Å². The first kappa shape index (κ1) is 15.2. The Balaban J connectivity index is 1.52. The molecule has 1 aromatic rings. The zero-order chi connectivity index (χ0) is 15.6.